The van der Waals surface area contributed by atoms with Crippen molar-refractivity contribution in [2.75, 3.05) is 0 Å². The lowest BCUT2D eigenvalue weighted by molar-refractivity contribution is 0.0929. The molecule has 0 aliphatic rings. The highest BCUT2D eigenvalue weighted by Crippen LogP contribution is 2.26. The number of Topliss-reactive ketones (excluding diaryl/α,β-unsaturated/α-hetero) is 1. The fraction of sp³-hybridized carbons (Fsp3) is 0.133. The Bertz CT molecular complexity index is 829. The van der Waals surface area contributed by atoms with Crippen LogP contribution in [0.5, 0.6) is 0 Å². The van der Waals surface area contributed by atoms with Crippen molar-refractivity contribution >= 4 is 40.0 Å². The summed E-state index contributed by atoms with van der Waals surface area (Å²) in [5, 5.41) is 8.96. The van der Waals surface area contributed by atoms with Gasteiger partial charge in [0, 0.05) is 10.6 Å². The number of fused-ring (bicyclic) bond motifs is 1. The van der Waals surface area contributed by atoms with Gasteiger partial charge in [-0.05, 0) is 37.3 Å². The van der Waals surface area contributed by atoms with Gasteiger partial charge in [0.1, 0.15) is 11.6 Å². The Morgan fingerprint density at radius 2 is 1.95 bits per heavy atom. The van der Waals surface area contributed by atoms with E-state index >= 15 is 0 Å². The molecule has 0 N–H and O–H groups in total. The molecule has 4 nitrogen and oxygen atoms in total. The molecule has 3 aromatic rings. The number of rotatable bonds is 3. The number of hydrogen-bond donors (Lipinski definition) is 0. The molecule has 21 heavy (non-hydrogen) atoms. The molecule has 1 unspecified atom stereocenters. The number of hydrogen-bond acceptors (Lipinski definition) is 3. The van der Waals surface area contributed by atoms with E-state index in [2.05, 4.69) is 10.3 Å². The summed E-state index contributed by atoms with van der Waals surface area (Å²) in [4.78, 5) is 12.6. The molecule has 3 rings (SSSR count). The highest BCUT2D eigenvalue weighted by Gasteiger charge is 2.22. The van der Waals surface area contributed by atoms with Crippen LogP contribution in [-0.4, -0.2) is 20.8 Å². The third-order valence-corrected chi connectivity index (χ3v) is 3.87. The smallest absolute Gasteiger partial charge is 0.188 e. The standard InChI is InChI=1S/C15H11Cl2N3O/c1-9(15(21)11-7-6-10(16)8-12(11)17)20-14-5-3-2-4-13(14)18-19-20/h2-9H,1H3. The van der Waals surface area contributed by atoms with Crippen LogP contribution in [0, 0.1) is 0 Å². The molecule has 6 heteroatoms. The predicted molar refractivity (Wildman–Crippen MR) is 83.0 cm³/mol. The molecule has 2 aromatic carbocycles. The second kappa shape index (κ2) is 5.47. The monoisotopic (exact) mass is 319 g/mol. The lowest BCUT2D eigenvalue weighted by atomic mass is 10.1. The summed E-state index contributed by atoms with van der Waals surface area (Å²) in [6, 6.07) is 11.8. The molecular formula is C15H11Cl2N3O. The Morgan fingerprint density at radius 3 is 2.71 bits per heavy atom. The molecule has 0 fully saturated rings. The Labute approximate surface area is 131 Å². The van der Waals surface area contributed by atoms with E-state index in [-0.39, 0.29) is 5.78 Å². The van der Waals surface area contributed by atoms with Crippen molar-refractivity contribution in [3.63, 3.8) is 0 Å². The van der Waals surface area contributed by atoms with Crippen molar-refractivity contribution in [1.29, 1.82) is 0 Å². The molecule has 0 bridgehead atoms. The van der Waals surface area contributed by atoms with Gasteiger partial charge in [-0.2, -0.15) is 0 Å². The van der Waals surface area contributed by atoms with Crippen LogP contribution >= 0.6 is 23.2 Å². The van der Waals surface area contributed by atoms with Crippen molar-refractivity contribution in [3.05, 3.63) is 58.1 Å². The van der Waals surface area contributed by atoms with Crippen molar-refractivity contribution in [1.82, 2.24) is 15.0 Å². The van der Waals surface area contributed by atoms with Crippen LogP contribution in [0.25, 0.3) is 11.0 Å². The lowest BCUT2D eigenvalue weighted by Crippen LogP contribution is -2.18. The van der Waals surface area contributed by atoms with E-state index in [1.807, 2.05) is 24.3 Å². The molecule has 0 aliphatic carbocycles. The van der Waals surface area contributed by atoms with Crippen LogP contribution in [0.15, 0.2) is 42.5 Å². The Kier molecular flexibility index (Phi) is 3.66. The molecule has 1 atom stereocenters. The van der Waals surface area contributed by atoms with Crippen LogP contribution in [-0.2, 0) is 0 Å². The second-order valence-corrected chi connectivity index (χ2v) is 5.53. The van der Waals surface area contributed by atoms with Gasteiger partial charge in [0.05, 0.1) is 10.5 Å². The lowest BCUT2D eigenvalue weighted by Gasteiger charge is -2.12. The number of ketones is 1. The van der Waals surface area contributed by atoms with Crippen LogP contribution in [0.2, 0.25) is 10.0 Å². The van der Waals surface area contributed by atoms with Crippen molar-refractivity contribution in [3.8, 4) is 0 Å². The molecule has 0 spiro atoms. The van der Waals surface area contributed by atoms with E-state index in [9.17, 15) is 4.79 Å². The number of halogens is 2. The Hall–Kier alpha value is -1.91. The number of benzene rings is 2. The Balaban J connectivity index is 2.01. The fourth-order valence-electron chi connectivity index (χ4n) is 2.20. The van der Waals surface area contributed by atoms with E-state index in [0.717, 1.165) is 11.0 Å². The SMILES string of the molecule is CC(C(=O)c1ccc(Cl)cc1Cl)n1nnc2ccccc21. The average Bonchev–Trinajstić information content (AvgIpc) is 2.90. The summed E-state index contributed by atoms with van der Waals surface area (Å²) in [5.41, 5.74) is 1.98. The predicted octanol–water partition coefficient (Wildman–Crippen LogP) is 4.18. The molecular weight excluding hydrogens is 309 g/mol. The molecule has 0 amide bonds. The number of aromatic nitrogens is 3. The second-order valence-electron chi connectivity index (χ2n) is 4.69. The van der Waals surface area contributed by atoms with Crippen LogP contribution < -0.4 is 0 Å². The van der Waals surface area contributed by atoms with Gasteiger partial charge in [-0.1, -0.05) is 40.5 Å². The minimum atomic E-state index is -0.504. The minimum absolute atomic E-state index is 0.132. The van der Waals surface area contributed by atoms with Crippen molar-refractivity contribution in [2.45, 2.75) is 13.0 Å². The molecule has 0 saturated carbocycles. The first-order valence-electron chi connectivity index (χ1n) is 6.37. The molecule has 1 heterocycles. The van der Waals surface area contributed by atoms with Gasteiger partial charge < -0.3 is 0 Å². The molecule has 1 aromatic heterocycles. The van der Waals surface area contributed by atoms with E-state index < -0.39 is 6.04 Å². The zero-order valence-corrected chi connectivity index (χ0v) is 12.6. The van der Waals surface area contributed by atoms with E-state index in [4.69, 9.17) is 23.2 Å². The first-order valence-corrected chi connectivity index (χ1v) is 7.12. The summed E-state index contributed by atoms with van der Waals surface area (Å²) < 4.78 is 1.60. The van der Waals surface area contributed by atoms with Gasteiger partial charge in [0.15, 0.2) is 5.78 Å². The van der Waals surface area contributed by atoms with Gasteiger partial charge >= 0.3 is 0 Å². The summed E-state index contributed by atoms with van der Waals surface area (Å²) in [6.07, 6.45) is 0. The third-order valence-electron chi connectivity index (χ3n) is 3.32. The van der Waals surface area contributed by atoms with Gasteiger partial charge in [0.25, 0.3) is 0 Å². The highest BCUT2D eigenvalue weighted by atomic mass is 35.5. The average molecular weight is 320 g/mol. The Morgan fingerprint density at radius 1 is 1.19 bits per heavy atom. The molecule has 0 saturated heterocycles. The van der Waals surface area contributed by atoms with Gasteiger partial charge in [-0.15, -0.1) is 5.10 Å². The normalized spacial score (nSPS) is 12.5. The number of nitrogens with zero attached hydrogens (tertiary/aromatic N) is 3. The first-order chi connectivity index (χ1) is 10.1. The summed E-state index contributed by atoms with van der Waals surface area (Å²) in [6.45, 7) is 1.77. The maximum atomic E-state index is 12.6. The molecule has 0 aliphatic heterocycles. The maximum Gasteiger partial charge on any atom is 0.188 e. The molecule has 106 valence electrons. The van der Waals surface area contributed by atoms with Gasteiger partial charge in [-0.25, -0.2) is 4.68 Å². The first kappa shape index (κ1) is 14.0. The van der Waals surface area contributed by atoms with Gasteiger partial charge in [-0.3, -0.25) is 4.79 Å². The summed E-state index contributed by atoms with van der Waals surface area (Å²) in [5.74, 6) is -0.132. The van der Waals surface area contributed by atoms with E-state index in [1.54, 1.807) is 29.8 Å². The number of carbonyl (C=O) groups excluding carboxylic acids is 1. The number of carbonyl (C=O) groups is 1. The van der Waals surface area contributed by atoms with E-state index in [1.165, 1.54) is 0 Å². The third kappa shape index (κ3) is 2.52. The van der Waals surface area contributed by atoms with Gasteiger partial charge in [0.2, 0.25) is 0 Å². The van der Waals surface area contributed by atoms with E-state index in [0.29, 0.717) is 15.6 Å². The summed E-state index contributed by atoms with van der Waals surface area (Å²) in [7, 11) is 0. The zero-order valence-electron chi connectivity index (χ0n) is 11.1. The van der Waals surface area contributed by atoms with Crippen LogP contribution in [0.1, 0.15) is 23.3 Å². The van der Waals surface area contributed by atoms with Crippen LogP contribution in [0.3, 0.4) is 0 Å². The summed E-state index contributed by atoms with van der Waals surface area (Å²) >= 11 is 12.0. The minimum Gasteiger partial charge on any atom is -0.292 e. The molecule has 0 radical (unpaired) electrons. The maximum absolute atomic E-state index is 12.6. The van der Waals surface area contributed by atoms with Crippen molar-refractivity contribution in [2.24, 2.45) is 0 Å². The fourth-order valence-corrected chi connectivity index (χ4v) is 2.70. The number of para-hydroxylation sites is 1. The van der Waals surface area contributed by atoms with Crippen molar-refractivity contribution < 1.29 is 4.79 Å². The zero-order chi connectivity index (χ0) is 15.0. The quantitative estimate of drug-likeness (QED) is 0.680. The largest absolute Gasteiger partial charge is 0.292 e. The topological polar surface area (TPSA) is 47.8 Å². The van der Waals surface area contributed by atoms with Crippen LogP contribution in [0.4, 0.5) is 0 Å². The highest BCUT2D eigenvalue weighted by molar-refractivity contribution is 6.37.